The summed E-state index contributed by atoms with van der Waals surface area (Å²) in [5.41, 5.74) is 1.65. The molecule has 0 unspecified atom stereocenters. The lowest BCUT2D eigenvalue weighted by Gasteiger charge is -2.04. The van der Waals surface area contributed by atoms with Gasteiger partial charge in [0.15, 0.2) is 0 Å². The number of nitrogens with zero attached hydrogens (tertiary/aromatic N) is 3. The van der Waals surface area contributed by atoms with Gasteiger partial charge in [0.2, 0.25) is 11.6 Å². The van der Waals surface area contributed by atoms with E-state index in [0.717, 1.165) is 10.6 Å². The van der Waals surface area contributed by atoms with Crippen molar-refractivity contribution in [2.45, 2.75) is 0 Å². The number of imidazole rings is 1. The van der Waals surface area contributed by atoms with Gasteiger partial charge in [-0.15, -0.1) is 0 Å². The SMILES string of the molecule is O=c1[nH]c2c(n3c(F)cnc13)C(=NO)c1ccccc1-2. The van der Waals surface area contributed by atoms with Crippen LogP contribution in [0.5, 0.6) is 0 Å². The standard InChI is InChI=1S/C13H7FN4O2/c14-8-5-15-12-13(19)16-9-6-3-1-2-4-7(6)10(17-20)11(9)18(8)12/h1-5,20H,(H,16,19). The molecule has 4 rings (SSSR count). The smallest absolute Gasteiger partial charge is 0.292 e. The highest BCUT2D eigenvalue weighted by molar-refractivity contribution is 6.22. The molecular weight excluding hydrogens is 263 g/mol. The van der Waals surface area contributed by atoms with Crippen LogP contribution in [0.3, 0.4) is 0 Å². The Balaban J connectivity index is 2.28. The van der Waals surface area contributed by atoms with Gasteiger partial charge in [0, 0.05) is 11.1 Å². The van der Waals surface area contributed by atoms with Crippen molar-refractivity contribution in [3.05, 3.63) is 58.0 Å². The van der Waals surface area contributed by atoms with Crippen LogP contribution in [0, 0.1) is 5.95 Å². The number of H-pyrrole nitrogens is 1. The first kappa shape index (κ1) is 10.9. The number of nitrogens with one attached hydrogen (secondary N) is 1. The lowest BCUT2D eigenvalue weighted by molar-refractivity contribution is 0.319. The van der Waals surface area contributed by atoms with Crippen molar-refractivity contribution in [1.82, 2.24) is 14.4 Å². The van der Waals surface area contributed by atoms with Crippen molar-refractivity contribution >= 4 is 11.4 Å². The Hall–Kier alpha value is -2.96. The molecule has 0 bridgehead atoms. The number of benzene rings is 1. The summed E-state index contributed by atoms with van der Waals surface area (Å²) in [6.45, 7) is 0. The molecule has 1 aliphatic carbocycles. The fraction of sp³-hybridized carbons (Fsp3) is 0. The maximum absolute atomic E-state index is 13.9. The van der Waals surface area contributed by atoms with E-state index in [1.165, 1.54) is 0 Å². The highest BCUT2D eigenvalue weighted by Crippen LogP contribution is 2.34. The van der Waals surface area contributed by atoms with Crippen LogP contribution in [-0.2, 0) is 0 Å². The van der Waals surface area contributed by atoms with Gasteiger partial charge in [-0.1, -0.05) is 29.4 Å². The van der Waals surface area contributed by atoms with Gasteiger partial charge >= 0.3 is 0 Å². The zero-order chi connectivity index (χ0) is 13.9. The summed E-state index contributed by atoms with van der Waals surface area (Å²) in [5, 5.41) is 12.5. The Morgan fingerprint density at radius 3 is 2.80 bits per heavy atom. The van der Waals surface area contributed by atoms with E-state index in [-0.39, 0.29) is 11.4 Å². The third-order valence-electron chi connectivity index (χ3n) is 3.40. The van der Waals surface area contributed by atoms with E-state index in [1.807, 2.05) is 0 Å². The predicted octanol–water partition coefficient (Wildman–Crippen LogP) is 1.37. The van der Waals surface area contributed by atoms with Crippen molar-refractivity contribution in [1.29, 1.82) is 0 Å². The zero-order valence-electron chi connectivity index (χ0n) is 9.96. The first-order valence-corrected chi connectivity index (χ1v) is 5.84. The lowest BCUT2D eigenvalue weighted by atomic mass is 10.1. The number of hydrogen-bond acceptors (Lipinski definition) is 4. The summed E-state index contributed by atoms with van der Waals surface area (Å²) in [5.74, 6) is -0.684. The summed E-state index contributed by atoms with van der Waals surface area (Å²) < 4.78 is 15.0. The number of rotatable bonds is 0. The number of aromatic nitrogens is 3. The highest BCUT2D eigenvalue weighted by Gasteiger charge is 2.30. The Morgan fingerprint density at radius 1 is 1.30 bits per heavy atom. The second-order valence-electron chi connectivity index (χ2n) is 4.41. The van der Waals surface area contributed by atoms with Crippen LogP contribution < -0.4 is 5.56 Å². The molecule has 3 aromatic rings. The molecule has 7 heteroatoms. The molecule has 1 aliphatic rings. The summed E-state index contributed by atoms with van der Waals surface area (Å²) in [6.07, 6.45) is 0.961. The summed E-state index contributed by atoms with van der Waals surface area (Å²) >= 11 is 0. The molecule has 2 heterocycles. The number of fused-ring (bicyclic) bond motifs is 5. The Kier molecular flexibility index (Phi) is 1.93. The molecule has 0 saturated carbocycles. The molecule has 0 atom stereocenters. The van der Waals surface area contributed by atoms with Gasteiger partial charge in [0.05, 0.1) is 11.9 Å². The summed E-state index contributed by atoms with van der Waals surface area (Å²) in [4.78, 5) is 18.4. The van der Waals surface area contributed by atoms with E-state index < -0.39 is 11.5 Å². The second kappa shape index (κ2) is 3.53. The minimum Gasteiger partial charge on any atom is -0.410 e. The van der Waals surface area contributed by atoms with Crippen molar-refractivity contribution in [2.24, 2.45) is 5.16 Å². The summed E-state index contributed by atoms with van der Waals surface area (Å²) in [7, 11) is 0. The van der Waals surface area contributed by atoms with Crippen LogP contribution >= 0.6 is 0 Å². The molecule has 2 N–H and O–H groups in total. The van der Waals surface area contributed by atoms with Gasteiger partial charge in [-0.25, -0.2) is 4.98 Å². The Bertz CT molecular complexity index is 955. The minimum absolute atomic E-state index is 0.0739. The fourth-order valence-electron chi connectivity index (χ4n) is 2.60. The van der Waals surface area contributed by atoms with E-state index >= 15 is 0 Å². The van der Waals surface area contributed by atoms with E-state index in [2.05, 4.69) is 15.1 Å². The molecule has 0 saturated heterocycles. The van der Waals surface area contributed by atoms with Gasteiger partial charge in [-0.2, -0.15) is 4.39 Å². The van der Waals surface area contributed by atoms with Crippen LogP contribution in [0.2, 0.25) is 0 Å². The fourth-order valence-corrected chi connectivity index (χ4v) is 2.60. The van der Waals surface area contributed by atoms with E-state index in [4.69, 9.17) is 0 Å². The third kappa shape index (κ3) is 1.14. The Morgan fingerprint density at radius 2 is 2.05 bits per heavy atom. The molecular formula is C13H7FN4O2. The minimum atomic E-state index is -0.684. The molecule has 2 aromatic heterocycles. The predicted molar refractivity (Wildman–Crippen MR) is 68.6 cm³/mol. The van der Waals surface area contributed by atoms with E-state index in [0.29, 0.717) is 22.5 Å². The normalized spacial score (nSPS) is 14.8. The maximum atomic E-state index is 13.9. The molecule has 0 aliphatic heterocycles. The second-order valence-corrected chi connectivity index (χ2v) is 4.41. The summed E-state index contributed by atoms with van der Waals surface area (Å²) in [6, 6.07) is 7.07. The first-order chi connectivity index (χ1) is 9.72. The van der Waals surface area contributed by atoms with E-state index in [9.17, 15) is 14.4 Å². The molecule has 0 amide bonds. The third-order valence-corrected chi connectivity index (χ3v) is 3.40. The average Bonchev–Trinajstić information content (AvgIpc) is 2.98. The maximum Gasteiger partial charge on any atom is 0.292 e. The lowest BCUT2D eigenvalue weighted by Crippen LogP contribution is -2.16. The number of hydrogen-bond donors (Lipinski definition) is 2. The monoisotopic (exact) mass is 270 g/mol. The number of aromatic amines is 1. The van der Waals surface area contributed by atoms with Gasteiger partial charge in [0.1, 0.15) is 11.4 Å². The molecule has 20 heavy (non-hydrogen) atoms. The van der Waals surface area contributed by atoms with Gasteiger partial charge < -0.3 is 10.2 Å². The molecule has 0 spiro atoms. The van der Waals surface area contributed by atoms with E-state index in [1.54, 1.807) is 24.3 Å². The van der Waals surface area contributed by atoms with Crippen LogP contribution in [0.25, 0.3) is 16.9 Å². The largest absolute Gasteiger partial charge is 0.410 e. The zero-order valence-corrected chi connectivity index (χ0v) is 9.96. The molecule has 0 fully saturated rings. The molecule has 98 valence electrons. The van der Waals surface area contributed by atoms with Crippen LogP contribution in [-0.4, -0.2) is 25.3 Å². The van der Waals surface area contributed by atoms with Crippen LogP contribution in [0.1, 0.15) is 11.3 Å². The van der Waals surface area contributed by atoms with Crippen molar-refractivity contribution in [3.8, 4) is 11.3 Å². The van der Waals surface area contributed by atoms with Gasteiger partial charge in [-0.05, 0) is 0 Å². The Labute approximate surface area is 110 Å². The topological polar surface area (TPSA) is 82.8 Å². The number of oxime groups is 1. The quantitative estimate of drug-likeness (QED) is 0.374. The first-order valence-electron chi connectivity index (χ1n) is 5.84. The van der Waals surface area contributed by atoms with Crippen molar-refractivity contribution in [3.63, 3.8) is 0 Å². The van der Waals surface area contributed by atoms with Crippen molar-refractivity contribution < 1.29 is 9.60 Å². The van der Waals surface area contributed by atoms with Gasteiger partial charge in [0.25, 0.3) is 5.56 Å². The van der Waals surface area contributed by atoms with Crippen LogP contribution in [0.4, 0.5) is 4.39 Å². The van der Waals surface area contributed by atoms with Crippen molar-refractivity contribution in [2.75, 3.05) is 0 Å². The molecule has 0 radical (unpaired) electrons. The molecule has 6 nitrogen and oxygen atoms in total. The molecule has 1 aromatic carbocycles. The van der Waals surface area contributed by atoms with Gasteiger partial charge in [-0.3, -0.25) is 9.20 Å². The average molecular weight is 270 g/mol. The van der Waals surface area contributed by atoms with Crippen LogP contribution in [0.15, 0.2) is 40.4 Å². The number of halogens is 1. The highest BCUT2D eigenvalue weighted by atomic mass is 19.1.